The van der Waals surface area contributed by atoms with Crippen molar-refractivity contribution in [2.45, 2.75) is 32.8 Å². The number of nitrogens with two attached hydrogens (primary N) is 1. The second-order valence-corrected chi connectivity index (χ2v) is 5.96. The molecule has 1 heterocycles. The lowest BCUT2D eigenvalue weighted by Gasteiger charge is -2.34. The van der Waals surface area contributed by atoms with E-state index in [0.29, 0.717) is 5.69 Å². The van der Waals surface area contributed by atoms with Crippen LogP contribution in [0.5, 0.6) is 0 Å². The minimum absolute atomic E-state index is 0.0777. The molecule has 0 fully saturated rings. The average Bonchev–Trinajstić information content (AvgIpc) is 2.26. The normalized spacial score (nSPS) is 21.8. The Morgan fingerprint density at radius 1 is 1.33 bits per heavy atom. The molecule has 3 heteroatoms. The number of aromatic nitrogens is 1. The molecule has 2 aromatic rings. The van der Waals surface area contributed by atoms with E-state index in [-0.39, 0.29) is 5.41 Å². The molecule has 1 aliphatic carbocycles. The molecule has 1 aromatic carbocycles. The molecule has 0 saturated heterocycles. The van der Waals surface area contributed by atoms with E-state index in [1.807, 2.05) is 24.3 Å². The van der Waals surface area contributed by atoms with Crippen molar-refractivity contribution in [3.63, 3.8) is 0 Å². The van der Waals surface area contributed by atoms with Crippen LogP contribution in [-0.4, -0.2) is 10.1 Å². The summed E-state index contributed by atoms with van der Waals surface area (Å²) in [6.07, 6.45) is 1.11. The molecule has 0 spiro atoms. The first-order valence-electron chi connectivity index (χ1n) is 6.33. The molecule has 3 nitrogen and oxygen atoms in total. The highest BCUT2D eigenvalue weighted by molar-refractivity contribution is 5.92. The number of para-hydroxylation sites is 1. The van der Waals surface area contributed by atoms with Crippen molar-refractivity contribution < 1.29 is 5.11 Å². The Kier molecular flexibility index (Phi) is 2.35. The van der Waals surface area contributed by atoms with Gasteiger partial charge >= 0.3 is 0 Å². The van der Waals surface area contributed by atoms with Crippen LogP contribution >= 0.6 is 0 Å². The van der Waals surface area contributed by atoms with Crippen LogP contribution in [0.1, 0.15) is 37.6 Å². The van der Waals surface area contributed by atoms with Crippen molar-refractivity contribution in [2.75, 3.05) is 5.73 Å². The number of anilines is 1. The number of nitrogens with zero attached hydrogens (tertiary/aromatic N) is 1. The van der Waals surface area contributed by atoms with Gasteiger partial charge in [0.1, 0.15) is 0 Å². The van der Waals surface area contributed by atoms with Gasteiger partial charge in [0.15, 0.2) is 0 Å². The Labute approximate surface area is 107 Å². The van der Waals surface area contributed by atoms with Crippen LogP contribution in [0.3, 0.4) is 0 Å². The fourth-order valence-corrected chi connectivity index (χ4v) is 2.96. The third kappa shape index (κ3) is 1.66. The highest BCUT2D eigenvalue weighted by atomic mass is 16.3. The Morgan fingerprint density at radius 2 is 2.06 bits per heavy atom. The summed E-state index contributed by atoms with van der Waals surface area (Å²) in [4.78, 5) is 4.68. The van der Waals surface area contributed by atoms with Gasteiger partial charge in [0.2, 0.25) is 0 Å². The molecule has 0 aliphatic heterocycles. The zero-order valence-electron chi connectivity index (χ0n) is 10.8. The van der Waals surface area contributed by atoms with Gasteiger partial charge < -0.3 is 10.8 Å². The monoisotopic (exact) mass is 242 g/mol. The Morgan fingerprint density at radius 3 is 2.83 bits per heavy atom. The van der Waals surface area contributed by atoms with Gasteiger partial charge in [-0.3, -0.25) is 4.98 Å². The fraction of sp³-hybridized carbons (Fsp3) is 0.400. The second-order valence-electron chi connectivity index (χ2n) is 5.96. The molecule has 0 bridgehead atoms. The zero-order chi connectivity index (χ0) is 12.9. The maximum absolute atomic E-state index is 10.3. The maximum Gasteiger partial charge on any atom is 0.0833 e. The molecule has 94 valence electrons. The average molecular weight is 242 g/mol. The predicted octanol–water partition coefficient (Wildman–Crippen LogP) is 2.82. The number of hydrogen-bond donors (Lipinski definition) is 2. The number of aliphatic hydroxyl groups is 1. The summed E-state index contributed by atoms with van der Waals surface area (Å²) < 4.78 is 0. The molecule has 0 saturated carbocycles. The summed E-state index contributed by atoms with van der Waals surface area (Å²) in [5, 5.41) is 11.3. The first-order valence-corrected chi connectivity index (χ1v) is 6.33. The van der Waals surface area contributed by atoms with Crippen molar-refractivity contribution in [2.24, 2.45) is 5.41 Å². The summed E-state index contributed by atoms with van der Waals surface area (Å²) in [5.41, 5.74) is 9.70. The Hall–Kier alpha value is -1.61. The fourth-order valence-electron chi connectivity index (χ4n) is 2.96. The smallest absolute Gasteiger partial charge is 0.0833 e. The van der Waals surface area contributed by atoms with Crippen molar-refractivity contribution in [1.29, 1.82) is 0 Å². The highest BCUT2D eigenvalue weighted by Crippen LogP contribution is 2.43. The number of fused-ring (bicyclic) bond motifs is 2. The third-order valence-corrected chi connectivity index (χ3v) is 3.78. The van der Waals surface area contributed by atoms with Gasteiger partial charge in [-0.15, -0.1) is 0 Å². The van der Waals surface area contributed by atoms with Crippen LogP contribution < -0.4 is 5.73 Å². The van der Waals surface area contributed by atoms with E-state index in [4.69, 9.17) is 5.73 Å². The molecular weight excluding hydrogens is 224 g/mol. The van der Waals surface area contributed by atoms with E-state index >= 15 is 0 Å². The molecule has 1 aromatic heterocycles. The van der Waals surface area contributed by atoms with Crippen molar-refractivity contribution in [3.05, 3.63) is 35.5 Å². The third-order valence-electron chi connectivity index (χ3n) is 3.78. The lowest BCUT2D eigenvalue weighted by atomic mass is 9.74. The molecule has 0 radical (unpaired) electrons. The number of nitrogen functional groups attached to an aromatic ring is 1. The number of pyridine rings is 1. The summed E-state index contributed by atoms with van der Waals surface area (Å²) >= 11 is 0. The van der Waals surface area contributed by atoms with Crippen molar-refractivity contribution in [1.82, 2.24) is 4.98 Å². The van der Waals surface area contributed by atoms with Gasteiger partial charge in [-0.25, -0.2) is 0 Å². The molecule has 1 unspecified atom stereocenters. The predicted molar refractivity (Wildman–Crippen MR) is 73.2 cm³/mol. The molecule has 3 N–H and O–H groups in total. The van der Waals surface area contributed by atoms with Crippen molar-refractivity contribution in [3.8, 4) is 0 Å². The quantitative estimate of drug-likeness (QED) is 0.746. The maximum atomic E-state index is 10.3. The molecule has 3 rings (SSSR count). The highest BCUT2D eigenvalue weighted by Gasteiger charge is 2.34. The Bertz CT molecular complexity index is 619. The van der Waals surface area contributed by atoms with E-state index in [1.54, 1.807) is 0 Å². The van der Waals surface area contributed by atoms with Gasteiger partial charge in [0, 0.05) is 22.3 Å². The van der Waals surface area contributed by atoms with Gasteiger partial charge in [0.25, 0.3) is 0 Å². The van der Waals surface area contributed by atoms with Gasteiger partial charge in [-0.05, 0) is 24.3 Å². The van der Waals surface area contributed by atoms with E-state index in [2.05, 4.69) is 18.8 Å². The standard InChI is InChI=1S/C15H18N2O/c1-15(2)7-11-13(12(18)8-15)14(16)9-5-3-4-6-10(9)17-11/h3-6,12,18H,7-8H2,1-2H3,(H2,16,17). The lowest BCUT2D eigenvalue weighted by Crippen LogP contribution is -2.27. The SMILES string of the molecule is CC1(C)Cc2nc3ccccc3c(N)c2C(O)C1. The summed E-state index contributed by atoms with van der Waals surface area (Å²) in [6.45, 7) is 4.32. The van der Waals surface area contributed by atoms with Crippen LogP contribution in [-0.2, 0) is 6.42 Å². The van der Waals surface area contributed by atoms with Gasteiger partial charge in [-0.2, -0.15) is 0 Å². The molecule has 0 amide bonds. The number of rotatable bonds is 0. The van der Waals surface area contributed by atoms with E-state index in [1.165, 1.54) is 0 Å². The van der Waals surface area contributed by atoms with E-state index < -0.39 is 6.10 Å². The number of benzene rings is 1. The number of aliphatic hydroxyl groups excluding tert-OH is 1. The van der Waals surface area contributed by atoms with Crippen LogP contribution in [0, 0.1) is 5.41 Å². The van der Waals surface area contributed by atoms with Gasteiger partial charge in [0.05, 0.1) is 11.6 Å². The van der Waals surface area contributed by atoms with Crippen LogP contribution in [0.25, 0.3) is 10.9 Å². The molecule has 1 atom stereocenters. The van der Waals surface area contributed by atoms with Crippen molar-refractivity contribution >= 4 is 16.6 Å². The van der Waals surface area contributed by atoms with Gasteiger partial charge in [-0.1, -0.05) is 32.0 Å². The molecule has 18 heavy (non-hydrogen) atoms. The topological polar surface area (TPSA) is 59.1 Å². The summed E-state index contributed by atoms with van der Waals surface area (Å²) in [6, 6.07) is 7.85. The van der Waals surface area contributed by atoms with E-state index in [0.717, 1.165) is 35.0 Å². The van der Waals surface area contributed by atoms with E-state index in [9.17, 15) is 5.11 Å². The number of hydrogen-bond acceptors (Lipinski definition) is 3. The minimum atomic E-state index is -0.499. The van der Waals surface area contributed by atoms with Crippen LogP contribution in [0.2, 0.25) is 0 Å². The van der Waals surface area contributed by atoms with Crippen LogP contribution in [0.4, 0.5) is 5.69 Å². The first-order chi connectivity index (χ1) is 8.48. The second kappa shape index (κ2) is 3.69. The first kappa shape index (κ1) is 11.5. The Balaban J connectivity index is 2.30. The largest absolute Gasteiger partial charge is 0.398 e. The summed E-state index contributed by atoms with van der Waals surface area (Å²) in [7, 11) is 0. The lowest BCUT2D eigenvalue weighted by molar-refractivity contribution is 0.0992. The summed E-state index contributed by atoms with van der Waals surface area (Å²) in [5.74, 6) is 0. The van der Waals surface area contributed by atoms with Crippen LogP contribution in [0.15, 0.2) is 24.3 Å². The minimum Gasteiger partial charge on any atom is -0.398 e. The zero-order valence-corrected chi connectivity index (χ0v) is 10.8. The molecular formula is C15H18N2O. The molecule has 1 aliphatic rings.